The highest BCUT2D eigenvalue weighted by Gasteiger charge is 2.27. The van der Waals surface area contributed by atoms with Crippen LogP contribution in [0.25, 0.3) is 0 Å². The number of amides is 1. The smallest absolute Gasteiger partial charge is 0.248 e. The number of nitrogens with zero attached hydrogens (tertiary/aromatic N) is 2. The Morgan fingerprint density at radius 2 is 2.20 bits per heavy atom. The van der Waals surface area contributed by atoms with Crippen LogP contribution in [0.1, 0.15) is 18.9 Å². The lowest BCUT2D eigenvalue weighted by atomic mass is 10.2. The molecule has 1 heterocycles. The molecule has 0 saturated heterocycles. The van der Waals surface area contributed by atoms with Crippen molar-refractivity contribution >= 4 is 22.7 Å². The Kier molecular flexibility index (Phi) is 5.20. The minimum absolute atomic E-state index is 0.0316. The minimum atomic E-state index is -0.383. The third-order valence-corrected chi connectivity index (χ3v) is 4.31. The number of carbonyl (C=O) groups is 1. The first kappa shape index (κ1) is 15.1. The maximum Gasteiger partial charge on any atom is 0.248 e. The van der Waals surface area contributed by atoms with Gasteiger partial charge in [0.1, 0.15) is 6.04 Å². The van der Waals surface area contributed by atoms with E-state index in [0.29, 0.717) is 18.7 Å². The maximum atomic E-state index is 12.3. The lowest BCUT2D eigenvalue weighted by Gasteiger charge is -2.19. The Labute approximate surface area is 123 Å². The van der Waals surface area contributed by atoms with Crippen LogP contribution in [0.15, 0.2) is 35.3 Å². The second kappa shape index (κ2) is 6.90. The highest BCUT2D eigenvalue weighted by atomic mass is 32.2. The molecule has 2 rings (SSSR count). The Balaban J connectivity index is 1.97. The van der Waals surface area contributed by atoms with Crippen molar-refractivity contribution in [3.8, 4) is 0 Å². The molecule has 108 valence electrons. The van der Waals surface area contributed by atoms with E-state index in [4.69, 9.17) is 0 Å². The summed E-state index contributed by atoms with van der Waals surface area (Å²) in [6, 6.07) is 9.64. The molecule has 1 aliphatic heterocycles. The van der Waals surface area contributed by atoms with Gasteiger partial charge in [-0.05, 0) is 13.3 Å². The maximum absolute atomic E-state index is 12.3. The van der Waals surface area contributed by atoms with Crippen LogP contribution in [0.3, 0.4) is 0 Å². The first-order valence-corrected chi connectivity index (χ1v) is 7.75. The fourth-order valence-corrected chi connectivity index (χ4v) is 3.02. The number of aliphatic imine (C=N–C) groups is 1. The van der Waals surface area contributed by atoms with Gasteiger partial charge < -0.3 is 10.0 Å². The van der Waals surface area contributed by atoms with Gasteiger partial charge in [-0.15, -0.1) is 11.8 Å². The summed E-state index contributed by atoms with van der Waals surface area (Å²) in [6.07, 6.45) is 0.212. The molecule has 4 nitrogen and oxygen atoms in total. The molecule has 1 aromatic carbocycles. The van der Waals surface area contributed by atoms with Gasteiger partial charge in [0.15, 0.2) is 0 Å². The SMILES string of the molecule is CC(O)CCN(C)C(=O)C1CSC(c2ccccc2)=N1. The van der Waals surface area contributed by atoms with Crippen molar-refractivity contribution in [1.29, 1.82) is 0 Å². The van der Waals surface area contributed by atoms with E-state index in [-0.39, 0.29) is 18.1 Å². The first-order chi connectivity index (χ1) is 9.58. The molecule has 2 unspecified atom stereocenters. The van der Waals surface area contributed by atoms with Crippen LogP contribution < -0.4 is 0 Å². The molecule has 0 radical (unpaired) electrons. The van der Waals surface area contributed by atoms with Crippen molar-refractivity contribution in [1.82, 2.24) is 4.90 Å². The van der Waals surface area contributed by atoms with Crippen molar-refractivity contribution in [3.05, 3.63) is 35.9 Å². The summed E-state index contributed by atoms with van der Waals surface area (Å²) < 4.78 is 0. The Morgan fingerprint density at radius 3 is 2.85 bits per heavy atom. The first-order valence-electron chi connectivity index (χ1n) is 6.77. The molecule has 5 heteroatoms. The van der Waals surface area contributed by atoms with Gasteiger partial charge in [-0.3, -0.25) is 9.79 Å². The van der Waals surface area contributed by atoms with E-state index in [1.807, 2.05) is 30.3 Å². The van der Waals surface area contributed by atoms with Gasteiger partial charge in [-0.1, -0.05) is 30.3 Å². The van der Waals surface area contributed by atoms with Crippen LogP contribution in [0.2, 0.25) is 0 Å². The second-order valence-corrected chi connectivity index (χ2v) is 6.03. The molecule has 0 saturated carbocycles. The van der Waals surface area contributed by atoms with Crippen LogP contribution in [0.4, 0.5) is 0 Å². The molecular formula is C15H20N2O2S. The number of aliphatic hydroxyl groups excluding tert-OH is 1. The summed E-state index contributed by atoms with van der Waals surface area (Å²) in [5.74, 6) is 0.728. The summed E-state index contributed by atoms with van der Waals surface area (Å²) >= 11 is 1.63. The molecule has 0 aromatic heterocycles. The predicted octanol–water partition coefficient (Wildman–Crippen LogP) is 1.78. The van der Waals surface area contributed by atoms with Crippen molar-refractivity contribution in [2.75, 3.05) is 19.3 Å². The van der Waals surface area contributed by atoms with Crippen LogP contribution in [0.5, 0.6) is 0 Å². The van der Waals surface area contributed by atoms with E-state index >= 15 is 0 Å². The van der Waals surface area contributed by atoms with Crippen LogP contribution >= 0.6 is 11.8 Å². The zero-order valence-electron chi connectivity index (χ0n) is 11.8. The lowest BCUT2D eigenvalue weighted by Crippen LogP contribution is -2.37. The Bertz CT molecular complexity index is 488. The number of likely N-dealkylation sites (N-methyl/N-ethyl adjacent to an activating group) is 1. The number of carbonyl (C=O) groups excluding carboxylic acids is 1. The highest BCUT2D eigenvalue weighted by molar-refractivity contribution is 8.14. The number of benzene rings is 1. The van der Waals surface area contributed by atoms with E-state index in [1.54, 1.807) is 30.6 Å². The topological polar surface area (TPSA) is 52.9 Å². The fraction of sp³-hybridized carbons (Fsp3) is 0.467. The Hall–Kier alpha value is -1.33. The molecule has 2 atom stereocenters. The molecule has 0 fully saturated rings. The Morgan fingerprint density at radius 1 is 1.50 bits per heavy atom. The lowest BCUT2D eigenvalue weighted by molar-refractivity contribution is -0.130. The van der Waals surface area contributed by atoms with Gasteiger partial charge in [-0.2, -0.15) is 0 Å². The van der Waals surface area contributed by atoms with Crippen LogP contribution in [-0.4, -0.2) is 52.4 Å². The number of hydrogen-bond acceptors (Lipinski definition) is 4. The molecule has 0 spiro atoms. The van der Waals surface area contributed by atoms with E-state index in [0.717, 1.165) is 10.6 Å². The molecule has 1 aromatic rings. The van der Waals surface area contributed by atoms with Gasteiger partial charge in [-0.25, -0.2) is 0 Å². The zero-order valence-corrected chi connectivity index (χ0v) is 12.6. The van der Waals surface area contributed by atoms with Gasteiger partial charge >= 0.3 is 0 Å². The van der Waals surface area contributed by atoms with E-state index in [9.17, 15) is 9.90 Å². The van der Waals surface area contributed by atoms with Gasteiger partial charge in [0.05, 0.1) is 11.1 Å². The number of rotatable bonds is 5. The van der Waals surface area contributed by atoms with Crippen molar-refractivity contribution < 1.29 is 9.90 Å². The number of aliphatic hydroxyl groups is 1. The van der Waals surface area contributed by atoms with Gasteiger partial charge in [0, 0.05) is 24.9 Å². The molecule has 1 N–H and O–H groups in total. The number of thioether (sulfide) groups is 1. The highest BCUT2D eigenvalue weighted by Crippen LogP contribution is 2.24. The molecule has 20 heavy (non-hydrogen) atoms. The largest absolute Gasteiger partial charge is 0.393 e. The van der Waals surface area contributed by atoms with Crippen molar-refractivity contribution in [2.24, 2.45) is 4.99 Å². The van der Waals surface area contributed by atoms with Crippen LogP contribution in [0, 0.1) is 0 Å². The second-order valence-electron chi connectivity index (χ2n) is 5.02. The van der Waals surface area contributed by atoms with Gasteiger partial charge in [0.25, 0.3) is 0 Å². The quantitative estimate of drug-likeness (QED) is 0.900. The standard InChI is InChI=1S/C15H20N2O2S/c1-11(18)8-9-17(2)15(19)13-10-20-14(16-13)12-6-4-3-5-7-12/h3-7,11,13,18H,8-10H2,1-2H3. The van der Waals surface area contributed by atoms with E-state index in [1.165, 1.54) is 0 Å². The average molecular weight is 292 g/mol. The normalized spacial score (nSPS) is 19.6. The number of hydrogen-bond donors (Lipinski definition) is 1. The summed E-state index contributed by atoms with van der Waals surface area (Å²) in [5, 5.41) is 10.2. The van der Waals surface area contributed by atoms with Crippen LogP contribution in [-0.2, 0) is 4.79 Å². The third-order valence-electron chi connectivity index (χ3n) is 3.22. The van der Waals surface area contributed by atoms with Crippen molar-refractivity contribution in [3.63, 3.8) is 0 Å². The van der Waals surface area contributed by atoms with Gasteiger partial charge in [0.2, 0.25) is 5.91 Å². The summed E-state index contributed by atoms with van der Waals surface area (Å²) in [4.78, 5) is 18.5. The van der Waals surface area contributed by atoms with E-state index in [2.05, 4.69) is 4.99 Å². The third kappa shape index (κ3) is 3.84. The fourth-order valence-electron chi connectivity index (χ4n) is 1.98. The van der Waals surface area contributed by atoms with Crippen molar-refractivity contribution in [2.45, 2.75) is 25.5 Å². The average Bonchev–Trinajstić information content (AvgIpc) is 2.94. The molecular weight excluding hydrogens is 272 g/mol. The van der Waals surface area contributed by atoms with E-state index < -0.39 is 0 Å². The summed E-state index contributed by atoms with van der Waals surface area (Å²) in [5.41, 5.74) is 1.07. The molecule has 0 aliphatic carbocycles. The molecule has 1 aliphatic rings. The monoisotopic (exact) mass is 292 g/mol. The minimum Gasteiger partial charge on any atom is -0.393 e. The predicted molar refractivity (Wildman–Crippen MR) is 83.2 cm³/mol. The summed E-state index contributed by atoms with van der Waals surface area (Å²) in [6.45, 7) is 2.29. The molecule has 0 bridgehead atoms. The summed E-state index contributed by atoms with van der Waals surface area (Å²) in [7, 11) is 1.77. The zero-order chi connectivity index (χ0) is 14.5. The molecule has 1 amide bonds.